The molecule has 0 fully saturated rings. The standard InChI is InChI=1S/C6H12NO7P.2Na.2H/c1-6(10,3-15(12,13)14)5(9)2-7(11)4-8;;;;/h4,10-11H,2-3H2,1H3,(H2,12,13,14);;;;. The molecule has 0 bridgehead atoms. The number of carbonyl (C=O) groups excluding carboxylic acids is 2. The van der Waals surface area contributed by atoms with E-state index in [2.05, 4.69) is 0 Å². The van der Waals surface area contributed by atoms with Crippen molar-refractivity contribution in [3.05, 3.63) is 0 Å². The van der Waals surface area contributed by atoms with Crippen LogP contribution in [0.5, 0.6) is 0 Å². The molecule has 1 unspecified atom stereocenters. The number of hydrogen-bond donors (Lipinski definition) is 4. The molecule has 11 heteroatoms. The van der Waals surface area contributed by atoms with Crippen molar-refractivity contribution in [3.8, 4) is 0 Å². The Bertz CT molecular complexity index is 305. The van der Waals surface area contributed by atoms with Crippen LogP contribution in [0.25, 0.3) is 0 Å². The van der Waals surface area contributed by atoms with Gasteiger partial charge in [0.15, 0.2) is 5.78 Å². The van der Waals surface area contributed by atoms with E-state index in [-0.39, 0.29) is 70.6 Å². The number of amides is 1. The summed E-state index contributed by atoms with van der Waals surface area (Å²) in [6, 6.07) is 0. The molecule has 0 rings (SSSR count). The molecule has 1 amide bonds. The van der Waals surface area contributed by atoms with Crippen LogP contribution in [0.4, 0.5) is 0 Å². The summed E-state index contributed by atoms with van der Waals surface area (Å²) in [6.07, 6.45) is -1.13. The van der Waals surface area contributed by atoms with Crippen molar-refractivity contribution in [3.63, 3.8) is 0 Å². The molecule has 0 saturated carbocycles. The molecule has 92 valence electrons. The Morgan fingerprint density at radius 1 is 1.41 bits per heavy atom. The van der Waals surface area contributed by atoms with Crippen molar-refractivity contribution in [2.24, 2.45) is 0 Å². The summed E-state index contributed by atoms with van der Waals surface area (Å²) in [7, 11) is -4.55. The SMILES string of the molecule is CC(O)(CP(=O)(O)O)C(=O)CN(O)C=O.[NaH].[NaH]. The zero-order valence-electron chi connectivity index (χ0n) is 7.90. The van der Waals surface area contributed by atoms with Gasteiger partial charge in [0, 0.05) is 0 Å². The van der Waals surface area contributed by atoms with Gasteiger partial charge in [0.2, 0.25) is 6.41 Å². The summed E-state index contributed by atoms with van der Waals surface area (Å²) in [5.74, 6) is -1.07. The van der Waals surface area contributed by atoms with Gasteiger partial charge in [-0.3, -0.25) is 19.4 Å². The van der Waals surface area contributed by atoms with E-state index in [0.29, 0.717) is 0 Å². The van der Waals surface area contributed by atoms with Crippen LogP contribution in [-0.4, -0.2) is 115 Å². The van der Waals surface area contributed by atoms with E-state index >= 15 is 0 Å². The van der Waals surface area contributed by atoms with Gasteiger partial charge < -0.3 is 14.9 Å². The fourth-order valence-corrected chi connectivity index (χ4v) is 1.82. The molecule has 0 aromatic heterocycles. The first-order valence-corrected chi connectivity index (χ1v) is 5.59. The normalized spacial score (nSPS) is 13.7. The van der Waals surface area contributed by atoms with Crippen molar-refractivity contribution in [2.45, 2.75) is 12.5 Å². The second-order valence-corrected chi connectivity index (χ2v) is 4.87. The Hall–Kier alpha value is 1.21. The van der Waals surface area contributed by atoms with E-state index in [4.69, 9.17) is 15.0 Å². The molecule has 0 aliphatic heterocycles. The number of hydroxylamine groups is 2. The first-order chi connectivity index (χ1) is 6.58. The third-order valence-corrected chi connectivity index (χ3v) is 2.57. The molecule has 0 aliphatic carbocycles. The monoisotopic (exact) mass is 289 g/mol. The average molecular weight is 289 g/mol. The zero-order chi connectivity index (χ0) is 12.3. The van der Waals surface area contributed by atoms with E-state index in [1.807, 2.05) is 0 Å². The molecule has 0 radical (unpaired) electrons. The van der Waals surface area contributed by atoms with Crippen LogP contribution in [0.1, 0.15) is 6.92 Å². The summed E-state index contributed by atoms with van der Waals surface area (Å²) in [5, 5.41) is 18.0. The molecule has 0 aliphatic rings. The van der Waals surface area contributed by atoms with Crippen LogP contribution >= 0.6 is 7.60 Å². The van der Waals surface area contributed by atoms with Gasteiger partial charge >= 0.3 is 66.7 Å². The van der Waals surface area contributed by atoms with Crippen LogP contribution in [-0.2, 0) is 14.2 Å². The molecule has 0 aromatic carbocycles. The zero-order valence-corrected chi connectivity index (χ0v) is 8.79. The van der Waals surface area contributed by atoms with E-state index < -0.39 is 31.7 Å². The fraction of sp³-hybridized carbons (Fsp3) is 0.667. The van der Waals surface area contributed by atoms with Crippen molar-refractivity contribution in [2.75, 3.05) is 12.7 Å². The molecule has 0 aromatic rings. The molecule has 0 saturated heterocycles. The van der Waals surface area contributed by atoms with Gasteiger partial charge in [-0.2, -0.15) is 0 Å². The maximum absolute atomic E-state index is 11.2. The number of nitrogens with zero attached hydrogens (tertiary/aromatic N) is 1. The summed E-state index contributed by atoms with van der Waals surface area (Å²) in [4.78, 5) is 38.2. The first kappa shape index (κ1) is 23.3. The Balaban J connectivity index is -0.000000980. The maximum atomic E-state index is 11.2. The molecule has 4 N–H and O–H groups in total. The van der Waals surface area contributed by atoms with Crippen LogP contribution in [0.2, 0.25) is 0 Å². The van der Waals surface area contributed by atoms with Crippen molar-refractivity contribution >= 4 is 78.9 Å². The summed E-state index contributed by atoms with van der Waals surface area (Å²) >= 11 is 0. The van der Waals surface area contributed by atoms with Crippen LogP contribution < -0.4 is 0 Å². The average Bonchev–Trinajstić information content (AvgIpc) is 1.99. The van der Waals surface area contributed by atoms with Crippen LogP contribution in [0.3, 0.4) is 0 Å². The van der Waals surface area contributed by atoms with Gasteiger partial charge in [0.25, 0.3) is 0 Å². The number of rotatable bonds is 6. The third-order valence-electron chi connectivity index (χ3n) is 1.54. The Labute approximate surface area is 142 Å². The van der Waals surface area contributed by atoms with E-state index in [1.165, 1.54) is 0 Å². The molecule has 0 spiro atoms. The molecular weight excluding hydrogens is 275 g/mol. The van der Waals surface area contributed by atoms with Gasteiger partial charge in [-0.25, -0.2) is 5.06 Å². The molecule has 17 heavy (non-hydrogen) atoms. The van der Waals surface area contributed by atoms with E-state index in [9.17, 15) is 19.3 Å². The number of carbonyl (C=O) groups is 2. The first-order valence-electron chi connectivity index (χ1n) is 3.79. The van der Waals surface area contributed by atoms with Crippen molar-refractivity contribution < 1.29 is 34.3 Å². The second-order valence-electron chi connectivity index (χ2n) is 3.22. The molecule has 0 heterocycles. The molecule has 1 atom stereocenters. The number of Topliss-reactive ketones (excluding diaryl/α,β-unsaturated/α-hetero) is 1. The van der Waals surface area contributed by atoms with Gasteiger partial charge in [-0.15, -0.1) is 0 Å². The summed E-state index contributed by atoms with van der Waals surface area (Å²) in [6.45, 7) is 0.0591. The quantitative estimate of drug-likeness (QED) is 0.135. The minimum atomic E-state index is -4.55. The van der Waals surface area contributed by atoms with Crippen LogP contribution in [0, 0.1) is 0 Å². The van der Waals surface area contributed by atoms with Crippen molar-refractivity contribution in [1.82, 2.24) is 5.06 Å². The van der Waals surface area contributed by atoms with Crippen molar-refractivity contribution in [1.29, 1.82) is 0 Å². The van der Waals surface area contributed by atoms with Gasteiger partial charge in [-0.05, 0) is 6.92 Å². The fourth-order valence-electron chi connectivity index (χ4n) is 0.844. The minimum absolute atomic E-state index is 0. The van der Waals surface area contributed by atoms with Gasteiger partial charge in [0.05, 0.1) is 6.16 Å². The van der Waals surface area contributed by atoms with Gasteiger partial charge in [0.1, 0.15) is 12.1 Å². The molecular formula is C6H14NNa2O7P. The Morgan fingerprint density at radius 3 is 2.12 bits per heavy atom. The Kier molecular flexibility index (Phi) is 12.6. The van der Waals surface area contributed by atoms with Crippen LogP contribution in [0.15, 0.2) is 0 Å². The number of hydrogen-bond acceptors (Lipinski definition) is 5. The Morgan fingerprint density at radius 2 is 1.82 bits per heavy atom. The predicted molar refractivity (Wildman–Crippen MR) is 61.4 cm³/mol. The van der Waals surface area contributed by atoms with E-state index in [1.54, 1.807) is 0 Å². The van der Waals surface area contributed by atoms with Gasteiger partial charge in [-0.1, -0.05) is 0 Å². The summed E-state index contributed by atoms with van der Waals surface area (Å²) < 4.78 is 10.5. The third kappa shape index (κ3) is 10.8. The topological polar surface area (TPSA) is 135 Å². The summed E-state index contributed by atoms with van der Waals surface area (Å²) in [5.41, 5.74) is -2.29. The number of aliphatic hydroxyl groups is 1. The molecule has 8 nitrogen and oxygen atoms in total. The number of ketones is 1. The predicted octanol–water partition coefficient (Wildman–Crippen LogP) is -2.97. The second kappa shape index (κ2) is 9.17. The van der Waals surface area contributed by atoms with E-state index in [0.717, 1.165) is 6.92 Å².